The van der Waals surface area contributed by atoms with Crippen LogP contribution in [0.15, 0.2) is 24.3 Å². The minimum absolute atomic E-state index is 0.723. The predicted molar refractivity (Wildman–Crippen MR) is 63.8 cm³/mol. The van der Waals surface area contributed by atoms with E-state index in [1.54, 1.807) is 0 Å². The van der Waals surface area contributed by atoms with Crippen LogP contribution < -0.4 is 0 Å². The zero-order valence-electron chi connectivity index (χ0n) is 9.72. The summed E-state index contributed by atoms with van der Waals surface area (Å²) < 4.78 is 0. The van der Waals surface area contributed by atoms with Gasteiger partial charge in [-0.2, -0.15) is 0 Å². The maximum absolute atomic E-state index is 2.33. The first-order valence-corrected chi connectivity index (χ1v) is 5.86. The number of aryl methyl sites for hydroxylation is 1. The van der Waals surface area contributed by atoms with Crippen LogP contribution in [0.2, 0.25) is 0 Å². The standard InChI is InChI=1S/C14H22/c1-4-6-7-12(3)14-10-8-13(5-2)9-11-14/h8-12H,4-7H2,1-3H3/t12-/m0/s1. The molecule has 0 nitrogen and oxygen atoms in total. The van der Waals surface area contributed by atoms with Crippen molar-refractivity contribution in [3.05, 3.63) is 35.4 Å². The van der Waals surface area contributed by atoms with Gasteiger partial charge in [0.25, 0.3) is 0 Å². The number of unbranched alkanes of at least 4 members (excludes halogenated alkanes) is 1. The maximum atomic E-state index is 2.33. The molecule has 0 bridgehead atoms. The van der Waals surface area contributed by atoms with Crippen LogP contribution in [0.3, 0.4) is 0 Å². The molecule has 0 amide bonds. The summed E-state index contributed by atoms with van der Waals surface area (Å²) in [6.45, 7) is 6.79. The smallest absolute Gasteiger partial charge is 0.0190 e. The number of rotatable bonds is 5. The van der Waals surface area contributed by atoms with E-state index in [1.165, 1.54) is 30.4 Å². The third kappa shape index (κ3) is 3.17. The summed E-state index contributed by atoms with van der Waals surface area (Å²) in [5, 5.41) is 0. The van der Waals surface area contributed by atoms with Crippen molar-refractivity contribution < 1.29 is 0 Å². The first kappa shape index (κ1) is 11.3. The van der Waals surface area contributed by atoms with Crippen molar-refractivity contribution in [2.24, 2.45) is 0 Å². The van der Waals surface area contributed by atoms with Gasteiger partial charge >= 0.3 is 0 Å². The van der Waals surface area contributed by atoms with Crippen molar-refractivity contribution in [1.29, 1.82) is 0 Å². The Morgan fingerprint density at radius 1 is 1.07 bits per heavy atom. The molecular formula is C14H22. The van der Waals surface area contributed by atoms with Gasteiger partial charge < -0.3 is 0 Å². The van der Waals surface area contributed by atoms with Crippen LogP contribution in [0.1, 0.15) is 57.1 Å². The second-order valence-corrected chi connectivity index (χ2v) is 4.14. The Kier molecular flexibility index (Phi) is 4.72. The van der Waals surface area contributed by atoms with E-state index >= 15 is 0 Å². The molecule has 1 atom stereocenters. The SMILES string of the molecule is CCCC[C@H](C)c1ccc(CC)cc1. The quantitative estimate of drug-likeness (QED) is 0.639. The van der Waals surface area contributed by atoms with Gasteiger partial charge in [-0.3, -0.25) is 0 Å². The van der Waals surface area contributed by atoms with E-state index in [0.717, 1.165) is 12.3 Å². The molecule has 0 aliphatic rings. The van der Waals surface area contributed by atoms with E-state index in [1.807, 2.05) is 0 Å². The van der Waals surface area contributed by atoms with Crippen LogP contribution >= 0.6 is 0 Å². The normalized spacial score (nSPS) is 12.8. The van der Waals surface area contributed by atoms with Gasteiger partial charge in [0.2, 0.25) is 0 Å². The van der Waals surface area contributed by atoms with Crippen molar-refractivity contribution in [2.45, 2.75) is 52.4 Å². The topological polar surface area (TPSA) is 0 Å². The van der Waals surface area contributed by atoms with E-state index in [0.29, 0.717) is 0 Å². The molecule has 14 heavy (non-hydrogen) atoms. The number of hydrogen-bond donors (Lipinski definition) is 0. The van der Waals surface area contributed by atoms with Gasteiger partial charge in [0.05, 0.1) is 0 Å². The number of hydrogen-bond acceptors (Lipinski definition) is 0. The number of benzene rings is 1. The summed E-state index contributed by atoms with van der Waals surface area (Å²) in [6, 6.07) is 9.11. The van der Waals surface area contributed by atoms with Crippen molar-refractivity contribution in [3.63, 3.8) is 0 Å². The largest absolute Gasteiger partial charge is 0.0654 e. The third-order valence-corrected chi connectivity index (χ3v) is 2.95. The molecule has 1 aromatic carbocycles. The van der Waals surface area contributed by atoms with Crippen LogP contribution in [0.4, 0.5) is 0 Å². The summed E-state index contributed by atoms with van der Waals surface area (Å²) in [6.07, 6.45) is 5.11. The summed E-state index contributed by atoms with van der Waals surface area (Å²) in [5.41, 5.74) is 2.94. The van der Waals surface area contributed by atoms with Gasteiger partial charge in [-0.05, 0) is 29.9 Å². The van der Waals surface area contributed by atoms with Crippen molar-refractivity contribution >= 4 is 0 Å². The summed E-state index contributed by atoms with van der Waals surface area (Å²) in [7, 11) is 0. The highest BCUT2D eigenvalue weighted by Crippen LogP contribution is 2.21. The lowest BCUT2D eigenvalue weighted by molar-refractivity contribution is 0.624. The zero-order valence-corrected chi connectivity index (χ0v) is 9.72. The minimum atomic E-state index is 0.723. The fourth-order valence-electron chi connectivity index (χ4n) is 1.76. The molecule has 1 rings (SSSR count). The lowest BCUT2D eigenvalue weighted by Gasteiger charge is -2.11. The second-order valence-electron chi connectivity index (χ2n) is 4.14. The molecule has 0 aliphatic heterocycles. The summed E-state index contributed by atoms with van der Waals surface area (Å²) in [4.78, 5) is 0. The fourth-order valence-corrected chi connectivity index (χ4v) is 1.76. The lowest BCUT2D eigenvalue weighted by atomic mass is 9.94. The van der Waals surface area contributed by atoms with Crippen LogP contribution in [0, 0.1) is 0 Å². The maximum Gasteiger partial charge on any atom is -0.0190 e. The Balaban J connectivity index is 2.57. The first-order chi connectivity index (χ1) is 6.77. The van der Waals surface area contributed by atoms with Crippen molar-refractivity contribution in [3.8, 4) is 0 Å². The molecule has 0 saturated heterocycles. The van der Waals surface area contributed by atoms with Gasteiger partial charge in [-0.1, -0.05) is 57.9 Å². The summed E-state index contributed by atoms with van der Waals surface area (Å²) in [5.74, 6) is 0.723. The molecule has 0 saturated carbocycles. The third-order valence-electron chi connectivity index (χ3n) is 2.95. The molecule has 0 aromatic heterocycles. The molecule has 0 radical (unpaired) electrons. The Labute approximate surface area is 88.4 Å². The van der Waals surface area contributed by atoms with Crippen LogP contribution in [-0.4, -0.2) is 0 Å². The predicted octanol–water partition coefficient (Wildman–Crippen LogP) is 4.54. The molecular weight excluding hydrogens is 168 g/mol. The molecule has 0 unspecified atom stereocenters. The fraction of sp³-hybridized carbons (Fsp3) is 0.571. The van der Waals surface area contributed by atoms with Gasteiger partial charge in [0, 0.05) is 0 Å². The second kappa shape index (κ2) is 5.85. The highest BCUT2D eigenvalue weighted by atomic mass is 14.1. The minimum Gasteiger partial charge on any atom is -0.0654 e. The Hall–Kier alpha value is -0.780. The van der Waals surface area contributed by atoms with E-state index in [2.05, 4.69) is 45.0 Å². The molecule has 1 aromatic rings. The molecule has 0 N–H and O–H groups in total. The summed E-state index contributed by atoms with van der Waals surface area (Å²) >= 11 is 0. The van der Waals surface area contributed by atoms with Crippen molar-refractivity contribution in [2.75, 3.05) is 0 Å². The molecule has 0 heteroatoms. The lowest BCUT2D eigenvalue weighted by Crippen LogP contribution is -1.93. The monoisotopic (exact) mass is 190 g/mol. The van der Waals surface area contributed by atoms with Gasteiger partial charge in [-0.25, -0.2) is 0 Å². The van der Waals surface area contributed by atoms with Crippen molar-refractivity contribution in [1.82, 2.24) is 0 Å². The Morgan fingerprint density at radius 2 is 1.71 bits per heavy atom. The van der Waals surface area contributed by atoms with Gasteiger partial charge in [0.1, 0.15) is 0 Å². The van der Waals surface area contributed by atoms with Gasteiger partial charge in [0.15, 0.2) is 0 Å². The van der Waals surface area contributed by atoms with Crippen LogP contribution in [-0.2, 0) is 6.42 Å². The van der Waals surface area contributed by atoms with E-state index < -0.39 is 0 Å². The highest BCUT2D eigenvalue weighted by Gasteiger charge is 2.03. The molecule has 0 heterocycles. The van der Waals surface area contributed by atoms with E-state index in [-0.39, 0.29) is 0 Å². The Morgan fingerprint density at radius 3 is 2.21 bits per heavy atom. The molecule has 0 spiro atoms. The van der Waals surface area contributed by atoms with E-state index in [4.69, 9.17) is 0 Å². The van der Waals surface area contributed by atoms with E-state index in [9.17, 15) is 0 Å². The van der Waals surface area contributed by atoms with Crippen LogP contribution in [0.25, 0.3) is 0 Å². The molecule has 0 fully saturated rings. The first-order valence-electron chi connectivity index (χ1n) is 5.86. The highest BCUT2D eigenvalue weighted by molar-refractivity contribution is 5.24. The average Bonchev–Trinajstić information content (AvgIpc) is 2.26. The van der Waals surface area contributed by atoms with Crippen LogP contribution in [0.5, 0.6) is 0 Å². The molecule has 0 aliphatic carbocycles. The average molecular weight is 190 g/mol. The molecule has 78 valence electrons. The Bertz CT molecular complexity index is 245. The zero-order chi connectivity index (χ0) is 10.4. The van der Waals surface area contributed by atoms with Gasteiger partial charge in [-0.15, -0.1) is 0 Å².